The first kappa shape index (κ1) is 26.0. The number of hydrogen-bond acceptors (Lipinski definition) is 2. The zero-order valence-electron chi connectivity index (χ0n) is 18.2. The van der Waals surface area contributed by atoms with Gasteiger partial charge in [-0.1, -0.05) is 36.4 Å². The van der Waals surface area contributed by atoms with Gasteiger partial charge in [0.2, 0.25) is 0 Å². The molecule has 0 aromatic heterocycles. The van der Waals surface area contributed by atoms with Crippen LogP contribution in [0, 0.1) is 11.6 Å². The van der Waals surface area contributed by atoms with Crippen molar-refractivity contribution in [1.82, 2.24) is 10.2 Å². The van der Waals surface area contributed by atoms with Gasteiger partial charge in [0.05, 0.1) is 0 Å². The van der Waals surface area contributed by atoms with Crippen molar-refractivity contribution in [2.45, 2.75) is 24.7 Å². The number of carbonyl (C=O) groups is 1. The number of likely N-dealkylation sites (N-methyl/N-ethyl adjacent to an activating group) is 2. The molecule has 2 rings (SSSR count). The van der Waals surface area contributed by atoms with Gasteiger partial charge in [-0.2, -0.15) is 0 Å². The average molecular weight is 431 g/mol. The van der Waals surface area contributed by atoms with Crippen LogP contribution in [0.2, 0.25) is 0 Å². The van der Waals surface area contributed by atoms with Crippen molar-refractivity contribution in [3.63, 3.8) is 0 Å². The summed E-state index contributed by atoms with van der Waals surface area (Å²) in [6.07, 6.45) is 4.23. The van der Waals surface area contributed by atoms with Crippen LogP contribution >= 0.6 is 0 Å². The molecule has 0 bridgehead atoms. The van der Waals surface area contributed by atoms with Crippen molar-refractivity contribution in [3.05, 3.63) is 96.6 Å². The number of halogens is 2. The summed E-state index contributed by atoms with van der Waals surface area (Å²) >= 11 is 0. The Morgan fingerprint density at radius 1 is 0.968 bits per heavy atom. The first-order chi connectivity index (χ1) is 14.8. The summed E-state index contributed by atoms with van der Waals surface area (Å²) in [6.45, 7) is 8.63. The van der Waals surface area contributed by atoms with Crippen molar-refractivity contribution in [1.29, 1.82) is 0 Å². The van der Waals surface area contributed by atoms with E-state index in [-0.39, 0.29) is 17.6 Å². The highest BCUT2D eigenvalue weighted by Gasteiger charge is 2.15. The van der Waals surface area contributed by atoms with Gasteiger partial charge in [0, 0.05) is 26.1 Å². The Balaban J connectivity index is 0.000000316. The molecule has 1 amide bonds. The Morgan fingerprint density at radius 3 is 1.77 bits per heavy atom. The van der Waals surface area contributed by atoms with Gasteiger partial charge < -0.3 is 15.3 Å². The maximum Gasteiger partial charge on any atom is 0.407 e. The minimum atomic E-state index is -0.971. The molecule has 2 atom stereocenters. The van der Waals surface area contributed by atoms with Crippen LogP contribution in [0.4, 0.5) is 13.6 Å². The summed E-state index contributed by atoms with van der Waals surface area (Å²) < 4.78 is 25.5. The monoisotopic (exact) mass is 430 g/mol. The summed E-state index contributed by atoms with van der Waals surface area (Å²) in [6, 6.07) is 12.8. The molecule has 0 heterocycles. The fraction of sp³-hybridized carbons (Fsp3) is 0.320. The number of benzene rings is 2. The van der Waals surface area contributed by atoms with E-state index in [1.165, 1.54) is 36.2 Å². The summed E-state index contributed by atoms with van der Waals surface area (Å²) in [5.41, 5.74) is 2.07. The molecule has 0 spiro atoms. The predicted molar refractivity (Wildman–Crippen MR) is 122 cm³/mol. The highest BCUT2D eigenvalue weighted by Crippen LogP contribution is 2.22. The summed E-state index contributed by atoms with van der Waals surface area (Å²) in [5, 5.41) is 12.0. The number of nitrogens with one attached hydrogen (secondary N) is 1. The van der Waals surface area contributed by atoms with Gasteiger partial charge in [0.15, 0.2) is 0 Å². The maximum atomic E-state index is 12.8. The van der Waals surface area contributed by atoms with Crippen molar-refractivity contribution in [3.8, 4) is 0 Å². The van der Waals surface area contributed by atoms with Gasteiger partial charge >= 0.3 is 6.09 Å². The molecule has 0 fully saturated rings. The molecule has 0 aliphatic heterocycles. The quantitative estimate of drug-likeness (QED) is 0.469. The van der Waals surface area contributed by atoms with Crippen LogP contribution in [0.3, 0.4) is 0 Å². The lowest BCUT2D eigenvalue weighted by Gasteiger charge is -2.21. The minimum Gasteiger partial charge on any atom is -0.465 e. The number of rotatable bonds is 10. The second kappa shape index (κ2) is 14.1. The molecule has 0 saturated carbocycles. The molecule has 0 aliphatic rings. The van der Waals surface area contributed by atoms with E-state index in [1.807, 2.05) is 25.3 Å². The van der Waals surface area contributed by atoms with Crippen molar-refractivity contribution < 1.29 is 18.7 Å². The third-order valence-corrected chi connectivity index (χ3v) is 4.86. The van der Waals surface area contributed by atoms with Crippen LogP contribution in [0.5, 0.6) is 0 Å². The number of hydrogen-bond donors (Lipinski definition) is 2. The smallest absolute Gasteiger partial charge is 0.407 e. The highest BCUT2D eigenvalue weighted by molar-refractivity contribution is 5.64. The Labute approximate surface area is 183 Å². The molecule has 6 heteroatoms. The van der Waals surface area contributed by atoms with Crippen LogP contribution < -0.4 is 5.32 Å². The van der Waals surface area contributed by atoms with Crippen LogP contribution in [0.15, 0.2) is 73.8 Å². The Morgan fingerprint density at radius 2 is 1.39 bits per heavy atom. The van der Waals surface area contributed by atoms with E-state index < -0.39 is 6.09 Å². The molecule has 2 N–H and O–H groups in total. The van der Waals surface area contributed by atoms with Gasteiger partial charge in [0.1, 0.15) is 11.6 Å². The van der Waals surface area contributed by atoms with E-state index in [4.69, 9.17) is 5.11 Å². The summed E-state index contributed by atoms with van der Waals surface area (Å²) in [4.78, 5) is 12.0. The van der Waals surface area contributed by atoms with Crippen LogP contribution in [0.25, 0.3) is 0 Å². The number of carboxylic acid groups (broad SMARTS) is 1. The van der Waals surface area contributed by atoms with E-state index in [1.54, 1.807) is 18.2 Å². The maximum absolute atomic E-state index is 12.8. The van der Waals surface area contributed by atoms with Gasteiger partial charge in [-0.15, -0.1) is 13.2 Å². The lowest BCUT2D eigenvalue weighted by atomic mass is 9.95. The topological polar surface area (TPSA) is 52.6 Å². The zero-order valence-corrected chi connectivity index (χ0v) is 18.2. The van der Waals surface area contributed by atoms with Crippen LogP contribution in [0.1, 0.15) is 35.8 Å². The van der Waals surface area contributed by atoms with E-state index >= 15 is 0 Å². The predicted octanol–water partition coefficient (Wildman–Crippen LogP) is 5.80. The lowest BCUT2D eigenvalue weighted by molar-refractivity contribution is 0.153. The fourth-order valence-corrected chi connectivity index (χ4v) is 3.18. The van der Waals surface area contributed by atoms with E-state index in [0.717, 1.165) is 24.1 Å². The molecule has 0 radical (unpaired) electrons. The second-order valence-corrected chi connectivity index (χ2v) is 7.27. The first-order valence-electron chi connectivity index (χ1n) is 10.1. The minimum absolute atomic E-state index is 0.00852. The molecule has 4 nitrogen and oxygen atoms in total. The van der Waals surface area contributed by atoms with Crippen LogP contribution in [-0.2, 0) is 0 Å². The molecular weight excluding hydrogens is 398 g/mol. The first-order valence-corrected chi connectivity index (χ1v) is 10.1. The zero-order chi connectivity index (χ0) is 23.2. The van der Waals surface area contributed by atoms with E-state index in [9.17, 15) is 13.6 Å². The second-order valence-electron chi connectivity index (χ2n) is 7.27. The third-order valence-electron chi connectivity index (χ3n) is 4.86. The average Bonchev–Trinajstić information content (AvgIpc) is 2.75. The van der Waals surface area contributed by atoms with Crippen molar-refractivity contribution >= 4 is 6.09 Å². The normalized spacial score (nSPS) is 12.1. The number of nitrogens with zero attached hydrogens (tertiary/aromatic N) is 1. The van der Waals surface area contributed by atoms with E-state index in [2.05, 4.69) is 18.5 Å². The van der Waals surface area contributed by atoms with Gasteiger partial charge in [0.25, 0.3) is 0 Å². The highest BCUT2D eigenvalue weighted by atomic mass is 19.1. The fourth-order valence-electron chi connectivity index (χ4n) is 3.18. The number of amides is 1. The lowest BCUT2D eigenvalue weighted by Crippen LogP contribution is -2.29. The SMILES string of the molecule is C=CCC(CN(C)C(=O)O)c1ccc(F)cc1.C=CCC(CNC)c1ccc(F)cc1. The molecule has 2 aromatic carbocycles. The molecular formula is C25H32F2N2O2. The summed E-state index contributed by atoms with van der Waals surface area (Å²) in [7, 11) is 3.43. The van der Waals surface area contributed by atoms with Gasteiger partial charge in [-0.05, 0) is 61.2 Å². The molecule has 168 valence electrons. The van der Waals surface area contributed by atoms with E-state index in [0.29, 0.717) is 18.9 Å². The molecule has 0 saturated heterocycles. The van der Waals surface area contributed by atoms with Crippen molar-refractivity contribution in [2.24, 2.45) is 0 Å². The molecule has 2 aromatic rings. The third kappa shape index (κ3) is 9.57. The summed E-state index contributed by atoms with van der Waals surface area (Å²) in [5.74, 6) is -0.0828. The van der Waals surface area contributed by atoms with Crippen LogP contribution in [-0.4, -0.2) is 43.3 Å². The van der Waals surface area contributed by atoms with Gasteiger partial charge in [-0.3, -0.25) is 0 Å². The Bertz CT molecular complexity index is 807. The largest absolute Gasteiger partial charge is 0.465 e. The Hall–Kier alpha value is -2.99. The molecule has 0 aliphatic carbocycles. The van der Waals surface area contributed by atoms with Crippen molar-refractivity contribution in [2.75, 3.05) is 27.2 Å². The molecule has 31 heavy (non-hydrogen) atoms. The van der Waals surface area contributed by atoms with Gasteiger partial charge in [-0.25, -0.2) is 13.6 Å². The standard InChI is InChI=1S/C13H16FNO2.C12H16FN/c1-3-4-11(9-15(2)13(16)17)10-5-7-12(14)8-6-10;1-3-4-11(9-14-2)10-5-7-12(13)8-6-10/h3,5-8,11H,1,4,9H2,2H3,(H,16,17);3,5-8,11,14H,1,4,9H2,2H3. The molecule has 2 unspecified atom stereocenters. The number of allylic oxidation sites excluding steroid dienone is 2. The Kier molecular flexibility index (Phi) is 11.8.